The molecule has 0 spiro atoms. The van der Waals surface area contributed by atoms with E-state index in [0.717, 1.165) is 18.5 Å². The van der Waals surface area contributed by atoms with Crippen molar-refractivity contribution in [2.45, 2.75) is 31.9 Å². The monoisotopic (exact) mass is 330 g/mol. The predicted molar refractivity (Wildman–Crippen MR) is 94.2 cm³/mol. The first-order valence-corrected chi connectivity index (χ1v) is 8.63. The van der Waals surface area contributed by atoms with Gasteiger partial charge >= 0.3 is 6.03 Å². The lowest BCUT2D eigenvalue weighted by molar-refractivity contribution is -0.0690. The van der Waals surface area contributed by atoms with Crippen LogP contribution in [0.25, 0.3) is 0 Å². The van der Waals surface area contributed by atoms with Gasteiger partial charge in [-0.15, -0.1) is 6.58 Å². The zero-order valence-electron chi connectivity index (χ0n) is 14.2. The number of carbonyl (C=O) groups is 1. The Labute approximate surface area is 143 Å². The molecule has 2 amide bonds. The second-order valence-electron chi connectivity index (χ2n) is 6.56. The second-order valence-corrected chi connectivity index (χ2v) is 6.56. The van der Waals surface area contributed by atoms with Gasteiger partial charge in [-0.1, -0.05) is 23.8 Å². The number of anilines is 1. The van der Waals surface area contributed by atoms with Crippen molar-refractivity contribution in [3.63, 3.8) is 0 Å². The quantitative estimate of drug-likeness (QED) is 0.666. The first-order valence-electron chi connectivity index (χ1n) is 8.63. The highest BCUT2D eigenvalue weighted by Crippen LogP contribution is 2.35. The summed E-state index contributed by atoms with van der Waals surface area (Å²) >= 11 is 0. The predicted octanol–water partition coefficient (Wildman–Crippen LogP) is 3.21. The first kappa shape index (κ1) is 17.0. The Hall–Kier alpha value is -1.85. The number of amides is 2. The smallest absolute Gasteiger partial charge is 0.322 e. The molecule has 1 aromatic rings. The lowest BCUT2D eigenvalue weighted by Gasteiger charge is -2.39. The van der Waals surface area contributed by atoms with E-state index in [0.29, 0.717) is 32.3 Å². The third kappa shape index (κ3) is 3.79. The van der Waals surface area contributed by atoms with E-state index in [2.05, 4.69) is 11.9 Å². The van der Waals surface area contributed by atoms with Crippen molar-refractivity contribution in [2.24, 2.45) is 5.92 Å². The SMILES string of the molecule is C=CCOCC1CCC2C1OCCN2C(=O)Nc1ccc(C)cc1. The molecule has 5 heteroatoms. The van der Waals surface area contributed by atoms with E-state index >= 15 is 0 Å². The van der Waals surface area contributed by atoms with Crippen molar-refractivity contribution in [1.82, 2.24) is 4.90 Å². The Bertz CT molecular complexity index is 572. The summed E-state index contributed by atoms with van der Waals surface area (Å²) in [6.45, 7) is 8.15. The molecule has 0 radical (unpaired) electrons. The number of nitrogens with zero attached hydrogens (tertiary/aromatic N) is 1. The van der Waals surface area contributed by atoms with Crippen LogP contribution in [-0.2, 0) is 9.47 Å². The summed E-state index contributed by atoms with van der Waals surface area (Å²) in [6, 6.07) is 7.98. The molecule has 5 nitrogen and oxygen atoms in total. The molecule has 1 aromatic carbocycles. The third-order valence-corrected chi connectivity index (χ3v) is 4.85. The van der Waals surface area contributed by atoms with Crippen LogP contribution in [0.2, 0.25) is 0 Å². The summed E-state index contributed by atoms with van der Waals surface area (Å²) in [5.74, 6) is 0.352. The van der Waals surface area contributed by atoms with Crippen LogP contribution in [0, 0.1) is 12.8 Å². The fraction of sp³-hybridized carbons (Fsp3) is 0.526. The third-order valence-electron chi connectivity index (χ3n) is 4.85. The van der Waals surface area contributed by atoms with Gasteiger partial charge in [-0.3, -0.25) is 0 Å². The summed E-state index contributed by atoms with van der Waals surface area (Å²) in [7, 11) is 0. The number of aryl methyl sites for hydroxylation is 1. The number of nitrogens with one attached hydrogen (secondary N) is 1. The van der Waals surface area contributed by atoms with Crippen LogP contribution in [-0.4, -0.2) is 49.4 Å². The molecule has 1 saturated carbocycles. The van der Waals surface area contributed by atoms with Crippen molar-refractivity contribution >= 4 is 11.7 Å². The molecule has 1 heterocycles. The summed E-state index contributed by atoms with van der Waals surface area (Å²) in [5.41, 5.74) is 2.01. The Morgan fingerprint density at radius 1 is 1.42 bits per heavy atom. The van der Waals surface area contributed by atoms with E-state index in [4.69, 9.17) is 9.47 Å². The van der Waals surface area contributed by atoms with E-state index in [-0.39, 0.29) is 18.2 Å². The lowest BCUT2D eigenvalue weighted by atomic mass is 10.0. The van der Waals surface area contributed by atoms with Crippen molar-refractivity contribution in [3.05, 3.63) is 42.5 Å². The standard InChI is InChI=1S/C19H26N2O3/c1-3-11-23-13-15-6-9-17-18(15)24-12-10-21(17)19(22)20-16-7-4-14(2)5-8-16/h3-5,7-8,15,17-18H,1,6,9-13H2,2H3,(H,20,22). The van der Waals surface area contributed by atoms with Gasteiger partial charge in [0.25, 0.3) is 0 Å². The van der Waals surface area contributed by atoms with Crippen LogP contribution in [0.1, 0.15) is 18.4 Å². The number of benzene rings is 1. The van der Waals surface area contributed by atoms with E-state index in [1.165, 1.54) is 5.56 Å². The normalized spacial score (nSPS) is 26.0. The topological polar surface area (TPSA) is 50.8 Å². The van der Waals surface area contributed by atoms with Crippen molar-refractivity contribution in [1.29, 1.82) is 0 Å². The van der Waals surface area contributed by atoms with Gasteiger partial charge in [-0.25, -0.2) is 4.79 Å². The molecule has 3 unspecified atom stereocenters. The second kappa shape index (κ2) is 7.81. The van der Waals surface area contributed by atoms with Crippen molar-refractivity contribution < 1.29 is 14.3 Å². The highest BCUT2D eigenvalue weighted by Gasteiger charge is 2.44. The number of hydrogen-bond acceptors (Lipinski definition) is 3. The summed E-state index contributed by atoms with van der Waals surface area (Å²) in [4.78, 5) is 14.6. The number of morpholine rings is 1. The van der Waals surface area contributed by atoms with E-state index in [1.54, 1.807) is 6.08 Å². The maximum Gasteiger partial charge on any atom is 0.322 e. The van der Waals surface area contributed by atoms with Crippen LogP contribution in [0.3, 0.4) is 0 Å². The molecular weight excluding hydrogens is 304 g/mol. The first-order chi connectivity index (χ1) is 11.7. The van der Waals surface area contributed by atoms with Gasteiger partial charge in [0.05, 0.1) is 32.0 Å². The van der Waals surface area contributed by atoms with Crippen LogP contribution < -0.4 is 5.32 Å². The molecule has 2 aliphatic rings. The molecule has 1 N–H and O–H groups in total. The lowest BCUT2D eigenvalue weighted by Crippen LogP contribution is -2.54. The Balaban J connectivity index is 1.60. The molecule has 3 atom stereocenters. The van der Waals surface area contributed by atoms with E-state index < -0.39 is 0 Å². The molecule has 1 aliphatic heterocycles. The largest absolute Gasteiger partial charge is 0.377 e. The Morgan fingerprint density at radius 3 is 2.96 bits per heavy atom. The minimum Gasteiger partial charge on any atom is -0.377 e. The molecule has 1 aliphatic carbocycles. The summed E-state index contributed by atoms with van der Waals surface area (Å²) in [5, 5.41) is 3.01. The van der Waals surface area contributed by atoms with Crippen molar-refractivity contribution in [2.75, 3.05) is 31.7 Å². The molecule has 3 rings (SSSR count). The molecular formula is C19H26N2O3. The van der Waals surface area contributed by atoms with Crippen LogP contribution >= 0.6 is 0 Å². The maximum atomic E-state index is 12.7. The van der Waals surface area contributed by atoms with Gasteiger partial charge in [-0.05, 0) is 31.9 Å². The molecule has 24 heavy (non-hydrogen) atoms. The average Bonchev–Trinajstić information content (AvgIpc) is 3.00. The minimum atomic E-state index is -0.0372. The van der Waals surface area contributed by atoms with Gasteiger partial charge in [0.2, 0.25) is 0 Å². The zero-order chi connectivity index (χ0) is 16.9. The summed E-state index contributed by atoms with van der Waals surface area (Å²) < 4.78 is 11.6. The molecule has 0 bridgehead atoms. The zero-order valence-corrected chi connectivity index (χ0v) is 14.2. The van der Waals surface area contributed by atoms with Crippen LogP contribution in [0.15, 0.2) is 36.9 Å². The average molecular weight is 330 g/mol. The highest BCUT2D eigenvalue weighted by atomic mass is 16.5. The van der Waals surface area contributed by atoms with E-state index in [9.17, 15) is 4.79 Å². The van der Waals surface area contributed by atoms with Gasteiger partial charge in [0.1, 0.15) is 0 Å². The van der Waals surface area contributed by atoms with Gasteiger partial charge < -0.3 is 19.7 Å². The number of rotatable bonds is 5. The highest BCUT2D eigenvalue weighted by molar-refractivity contribution is 5.89. The number of urea groups is 1. The van der Waals surface area contributed by atoms with Gasteiger partial charge in [0.15, 0.2) is 0 Å². The Kier molecular flexibility index (Phi) is 5.53. The number of carbonyl (C=O) groups excluding carboxylic acids is 1. The Morgan fingerprint density at radius 2 is 2.21 bits per heavy atom. The minimum absolute atomic E-state index is 0.0372. The van der Waals surface area contributed by atoms with Gasteiger partial charge in [0, 0.05) is 18.2 Å². The van der Waals surface area contributed by atoms with Crippen LogP contribution in [0.4, 0.5) is 10.5 Å². The van der Waals surface area contributed by atoms with Crippen LogP contribution in [0.5, 0.6) is 0 Å². The number of ether oxygens (including phenoxy) is 2. The maximum absolute atomic E-state index is 12.7. The molecule has 0 aromatic heterocycles. The summed E-state index contributed by atoms with van der Waals surface area (Å²) in [6.07, 6.45) is 3.83. The van der Waals surface area contributed by atoms with Gasteiger partial charge in [-0.2, -0.15) is 0 Å². The van der Waals surface area contributed by atoms with Crippen molar-refractivity contribution in [3.8, 4) is 0 Å². The molecule has 130 valence electrons. The molecule has 1 saturated heterocycles. The molecule has 2 fully saturated rings. The van der Waals surface area contributed by atoms with E-state index in [1.807, 2.05) is 36.1 Å². The number of hydrogen-bond donors (Lipinski definition) is 1. The fourth-order valence-corrected chi connectivity index (χ4v) is 3.63. The number of fused-ring (bicyclic) bond motifs is 1. The fourth-order valence-electron chi connectivity index (χ4n) is 3.63.